The second-order valence-electron chi connectivity index (χ2n) is 4.35. The molecule has 0 aliphatic rings. The molecule has 112 valence electrons. The second kappa shape index (κ2) is 6.43. The maximum atomic E-state index is 13.2. The Morgan fingerprint density at radius 3 is 2.43 bits per heavy atom. The van der Waals surface area contributed by atoms with Crippen molar-refractivity contribution in [3.8, 4) is 0 Å². The van der Waals surface area contributed by atoms with E-state index in [1.54, 1.807) is 24.3 Å². The lowest BCUT2D eigenvalue weighted by Crippen LogP contribution is -2.13. The molecule has 2 rings (SSSR count). The van der Waals surface area contributed by atoms with Crippen molar-refractivity contribution >= 4 is 27.3 Å². The van der Waals surface area contributed by atoms with Gasteiger partial charge in [-0.25, -0.2) is 12.8 Å². The summed E-state index contributed by atoms with van der Waals surface area (Å²) in [7, 11) is -3.96. The molecule has 2 aromatic carbocycles. The average molecular weight is 330 g/mol. The molecule has 0 amide bonds. The average Bonchev–Trinajstić information content (AvgIpc) is 2.43. The molecule has 0 atom stereocenters. The second-order valence-corrected chi connectivity index (χ2v) is 6.41. The van der Waals surface area contributed by atoms with Crippen molar-refractivity contribution in [2.45, 2.75) is 11.3 Å². The van der Waals surface area contributed by atoms with Crippen molar-refractivity contribution < 1.29 is 17.9 Å². The van der Waals surface area contributed by atoms with Crippen LogP contribution in [-0.4, -0.2) is 20.1 Å². The topological polar surface area (TPSA) is 66.4 Å². The van der Waals surface area contributed by atoms with E-state index in [9.17, 15) is 12.8 Å². The molecule has 7 heteroatoms. The van der Waals surface area contributed by atoms with Gasteiger partial charge in [-0.05, 0) is 42.3 Å². The zero-order valence-corrected chi connectivity index (χ0v) is 12.5. The standard InChI is InChI=1S/C14H13ClFNO3S/c15-13-6-3-11(16)9-14(13)21(19,20)17-12-4-1-10(2-5-12)7-8-18/h1-6,9,17-18H,7-8H2. The Balaban J connectivity index is 2.26. The van der Waals surface area contributed by atoms with E-state index >= 15 is 0 Å². The van der Waals surface area contributed by atoms with Gasteiger partial charge in [0.2, 0.25) is 0 Å². The predicted molar refractivity (Wildman–Crippen MR) is 79.5 cm³/mol. The van der Waals surface area contributed by atoms with Crippen molar-refractivity contribution in [2.75, 3.05) is 11.3 Å². The monoisotopic (exact) mass is 329 g/mol. The van der Waals surface area contributed by atoms with Gasteiger partial charge in [0.1, 0.15) is 10.7 Å². The quantitative estimate of drug-likeness (QED) is 0.886. The van der Waals surface area contributed by atoms with E-state index in [4.69, 9.17) is 16.7 Å². The van der Waals surface area contributed by atoms with E-state index in [1.165, 1.54) is 6.07 Å². The van der Waals surface area contributed by atoms with E-state index in [1.807, 2.05) is 0 Å². The maximum Gasteiger partial charge on any atom is 0.263 e. The lowest BCUT2D eigenvalue weighted by atomic mass is 10.1. The number of hydrogen-bond donors (Lipinski definition) is 2. The van der Waals surface area contributed by atoms with Gasteiger partial charge < -0.3 is 5.11 Å². The molecule has 0 aliphatic heterocycles. The van der Waals surface area contributed by atoms with Crippen LogP contribution in [0.5, 0.6) is 0 Å². The van der Waals surface area contributed by atoms with Gasteiger partial charge in [-0.2, -0.15) is 0 Å². The SMILES string of the molecule is O=S(=O)(Nc1ccc(CCO)cc1)c1cc(F)ccc1Cl. The Morgan fingerprint density at radius 2 is 1.81 bits per heavy atom. The van der Waals surface area contributed by atoms with E-state index in [-0.39, 0.29) is 16.5 Å². The molecule has 0 aliphatic carbocycles. The first kappa shape index (κ1) is 15.8. The summed E-state index contributed by atoms with van der Waals surface area (Å²) in [6.45, 7) is 0.0178. The number of benzene rings is 2. The van der Waals surface area contributed by atoms with Crippen LogP contribution in [0.15, 0.2) is 47.4 Å². The summed E-state index contributed by atoms with van der Waals surface area (Å²) in [6.07, 6.45) is 0.489. The number of hydrogen-bond acceptors (Lipinski definition) is 3. The zero-order chi connectivity index (χ0) is 15.5. The number of nitrogens with one attached hydrogen (secondary N) is 1. The molecule has 0 bridgehead atoms. The summed E-state index contributed by atoms with van der Waals surface area (Å²) >= 11 is 5.80. The smallest absolute Gasteiger partial charge is 0.263 e. The zero-order valence-electron chi connectivity index (χ0n) is 10.9. The molecule has 0 unspecified atom stereocenters. The molecule has 0 saturated heterocycles. The molecular formula is C14H13ClFNO3S. The van der Waals surface area contributed by atoms with Gasteiger partial charge in [0, 0.05) is 12.3 Å². The van der Waals surface area contributed by atoms with Crippen LogP contribution in [0.4, 0.5) is 10.1 Å². The Hall–Kier alpha value is -1.63. The molecule has 0 radical (unpaired) electrons. The van der Waals surface area contributed by atoms with Crippen LogP contribution in [0.1, 0.15) is 5.56 Å². The van der Waals surface area contributed by atoms with Crippen LogP contribution in [0.25, 0.3) is 0 Å². The first-order valence-electron chi connectivity index (χ1n) is 6.10. The van der Waals surface area contributed by atoms with E-state index in [2.05, 4.69) is 4.72 Å². The van der Waals surface area contributed by atoms with Crippen molar-refractivity contribution in [1.29, 1.82) is 0 Å². The van der Waals surface area contributed by atoms with Crippen molar-refractivity contribution in [1.82, 2.24) is 0 Å². The Bertz CT molecular complexity index is 732. The van der Waals surface area contributed by atoms with Crippen molar-refractivity contribution in [3.63, 3.8) is 0 Å². The number of rotatable bonds is 5. The summed E-state index contributed by atoms with van der Waals surface area (Å²) in [5.41, 5.74) is 1.21. The first-order valence-corrected chi connectivity index (χ1v) is 7.96. The predicted octanol–water partition coefficient (Wildman–Crippen LogP) is 2.81. The third-order valence-corrected chi connectivity index (χ3v) is 4.65. The van der Waals surface area contributed by atoms with E-state index in [0.717, 1.165) is 17.7 Å². The van der Waals surface area contributed by atoms with Gasteiger partial charge in [-0.1, -0.05) is 23.7 Å². The van der Waals surface area contributed by atoms with Crippen molar-refractivity contribution in [3.05, 3.63) is 58.9 Å². The lowest BCUT2D eigenvalue weighted by Gasteiger charge is -2.10. The van der Waals surface area contributed by atoms with Crippen LogP contribution in [0.2, 0.25) is 5.02 Å². The fourth-order valence-electron chi connectivity index (χ4n) is 1.76. The number of anilines is 1. The fraction of sp³-hybridized carbons (Fsp3) is 0.143. The highest BCUT2D eigenvalue weighted by atomic mass is 35.5. The third kappa shape index (κ3) is 3.93. The fourth-order valence-corrected chi connectivity index (χ4v) is 3.33. The van der Waals surface area contributed by atoms with Crippen LogP contribution < -0.4 is 4.72 Å². The van der Waals surface area contributed by atoms with Gasteiger partial charge in [0.25, 0.3) is 10.0 Å². The van der Waals surface area contributed by atoms with E-state index in [0.29, 0.717) is 12.1 Å². The Morgan fingerprint density at radius 1 is 1.14 bits per heavy atom. The minimum absolute atomic E-state index is 0.0178. The molecule has 0 aromatic heterocycles. The minimum Gasteiger partial charge on any atom is -0.396 e. The summed E-state index contributed by atoms with van der Waals surface area (Å²) < 4.78 is 39.9. The highest BCUT2D eigenvalue weighted by molar-refractivity contribution is 7.92. The van der Waals surface area contributed by atoms with Gasteiger partial charge >= 0.3 is 0 Å². The lowest BCUT2D eigenvalue weighted by molar-refractivity contribution is 0.299. The van der Waals surface area contributed by atoms with Gasteiger partial charge in [-0.3, -0.25) is 4.72 Å². The first-order chi connectivity index (χ1) is 9.92. The highest BCUT2D eigenvalue weighted by Gasteiger charge is 2.18. The number of aliphatic hydroxyl groups is 1. The molecule has 2 aromatic rings. The molecule has 21 heavy (non-hydrogen) atoms. The number of aliphatic hydroxyl groups excluding tert-OH is 1. The molecular weight excluding hydrogens is 317 g/mol. The highest BCUT2D eigenvalue weighted by Crippen LogP contribution is 2.24. The van der Waals surface area contributed by atoms with Gasteiger partial charge in [0.05, 0.1) is 5.02 Å². The van der Waals surface area contributed by atoms with Crippen LogP contribution in [-0.2, 0) is 16.4 Å². The Labute approximate surface area is 127 Å². The molecule has 4 nitrogen and oxygen atoms in total. The van der Waals surface area contributed by atoms with Gasteiger partial charge in [-0.15, -0.1) is 0 Å². The molecule has 0 saturated carbocycles. The summed E-state index contributed by atoms with van der Waals surface area (Å²) in [4.78, 5) is -0.316. The summed E-state index contributed by atoms with van der Waals surface area (Å²) in [6, 6.07) is 9.67. The number of sulfonamides is 1. The van der Waals surface area contributed by atoms with Crippen molar-refractivity contribution in [2.24, 2.45) is 0 Å². The van der Waals surface area contributed by atoms with Crippen LogP contribution in [0.3, 0.4) is 0 Å². The van der Waals surface area contributed by atoms with Gasteiger partial charge in [0.15, 0.2) is 0 Å². The molecule has 2 N–H and O–H groups in total. The number of halogens is 2. The Kier molecular flexibility index (Phi) is 4.82. The molecule has 0 fully saturated rings. The molecule has 0 spiro atoms. The summed E-state index contributed by atoms with van der Waals surface area (Å²) in [5, 5.41) is 8.76. The van der Waals surface area contributed by atoms with E-state index < -0.39 is 15.8 Å². The van der Waals surface area contributed by atoms with Crippen LogP contribution in [0, 0.1) is 5.82 Å². The minimum atomic E-state index is -3.96. The third-order valence-electron chi connectivity index (χ3n) is 2.79. The normalized spacial score (nSPS) is 11.4. The van der Waals surface area contributed by atoms with Crippen LogP contribution >= 0.6 is 11.6 Å². The maximum absolute atomic E-state index is 13.2. The molecule has 0 heterocycles. The largest absolute Gasteiger partial charge is 0.396 e. The summed E-state index contributed by atoms with van der Waals surface area (Å²) in [5.74, 6) is -0.682.